The van der Waals surface area contributed by atoms with E-state index >= 15 is 0 Å². The topological polar surface area (TPSA) is 61.4 Å². The van der Waals surface area contributed by atoms with Crippen molar-refractivity contribution < 1.29 is 9.59 Å². The first kappa shape index (κ1) is 16.5. The third-order valence-electron chi connectivity index (χ3n) is 3.93. The normalized spacial score (nSPS) is 16.2. The van der Waals surface area contributed by atoms with Gasteiger partial charge in [-0.25, -0.2) is 0 Å². The lowest BCUT2D eigenvalue weighted by Gasteiger charge is -2.30. The SMILES string of the molecule is CCCNC(=O)C1CCN(CC(=O)Nc2ccccc2)CC1. The predicted molar refractivity (Wildman–Crippen MR) is 87.5 cm³/mol. The van der Waals surface area contributed by atoms with Gasteiger partial charge >= 0.3 is 0 Å². The van der Waals surface area contributed by atoms with Crippen molar-refractivity contribution in [2.75, 3.05) is 31.5 Å². The molecule has 5 nitrogen and oxygen atoms in total. The van der Waals surface area contributed by atoms with Gasteiger partial charge in [0.15, 0.2) is 0 Å². The van der Waals surface area contributed by atoms with Crippen LogP contribution in [-0.2, 0) is 9.59 Å². The van der Waals surface area contributed by atoms with Crippen LogP contribution in [0.15, 0.2) is 30.3 Å². The summed E-state index contributed by atoms with van der Waals surface area (Å²) in [6, 6.07) is 9.47. The van der Waals surface area contributed by atoms with Gasteiger partial charge < -0.3 is 10.6 Å². The largest absolute Gasteiger partial charge is 0.356 e. The molecular weight excluding hydrogens is 278 g/mol. The highest BCUT2D eigenvalue weighted by Crippen LogP contribution is 2.17. The first-order chi connectivity index (χ1) is 10.7. The highest BCUT2D eigenvalue weighted by Gasteiger charge is 2.25. The van der Waals surface area contributed by atoms with Crippen LogP contribution in [-0.4, -0.2) is 42.9 Å². The Balaban J connectivity index is 1.71. The maximum Gasteiger partial charge on any atom is 0.238 e. The van der Waals surface area contributed by atoms with Crippen LogP contribution in [0, 0.1) is 5.92 Å². The van der Waals surface area contributed by atoms with E-state index in [1.165, 1.54) is 0 Å². The van der Waals surface area contributed by atoms with E-state index in [1.54, 1.807) is 0 Å². The molecule has 1 aliphatic rings. The van der Waals surface area contributed by atoms with Crippen molar-refractivity contribution in [3.8, 4) is 0 Å². The smallest absolute Gasteiger partial charge is 0.238 e. The lowest BCUT2D eigenvalue weighted by atomic mass is 9.96. The Bertz CT molecular complexity index is 482. The molecule has 1 aromatic rings. The summed E-state index contributed by atoms with van der Waals surface area (Å²) in [6.45, 7) is 4.78. The predicted octanol–water partition coefficient (Wildman–Crippen LogP) is 1.86. The molecule has 0 aliphatic carbocycles. The highest BCUT2D eigenvalue weighted by atomic mass is 16.2. The molecule has 1 saturated heterocycles. The number of nitrogens with zero attached hydrogens (tertiary/aromatic N) is 1. The average Bonchev–Trinajstić information content (AvgIpc) is 2.54. The zero-order chi connectivity index (χ0) is 15.8. The van der Waals surface area contributed by atoms with Crippen LogP contribution in [0.25, 0.3) is 0 Å². The number of amides is 2. The molecule has 0 saturated carbocycles. The van der Waals surface area contributed by atoms with Gasteiger partial charge in [-0.2, -0.15) is 0 Å². The van der Waals surface area contributed by atoms with Crippen molar-refractivity contribution in [1.29, 1.82) is 0 Å². The maximum absolute atomic E-state index is 12.0. The van der Waals surface area contributed by atoms with Crippen LogP contribution in [0.4, 0.5) is 5.69 Å². The summed E-state index contributed by atoms with van der Waals surface area (Å²) in [6.07, 6.45) is 2.62. The summed E-state index contributed by atoms with van der Waals surface area (Å²) in [4.78, 5) is 26.0. The number of hydrogen-bond donors (Lipinski definition) is 2. The summed E-state index contributed by atoms with van der Waals surface area (Å²) in [5.74, 6) is 0.260. The number of hydrogen-bond acceptors (Lipinski definition) is 3. The van der Waals surface area contributed by atoms with Crippen LogP contribution >= 0.6 is 0 Å². The Morgan fingerprint density at radius 2 is 1.86 bits per heavy atom. The lowest BCUT2D eigenvalue weighted by Crippen LogP contribution is -2.43. The fourth-order valence-corrected chi connectivity index (χ4v) is 2.67. The van der Waals surface area contributed by atoms with Crippen LogP contribution in [0.3, 0.4) is 0 Å². The second kappa shape index (κ2) is 8.54. The first-order valence-electron chi connectivity index (χ1n) is 8.04. The van der Waals surface area contributed by atoms with E-state index < -0.39 is 0 Å². The van der Waals surface area contributed by atoms with Crippen LogP contribution in [0.2, 0.25) is 0 Å². The third-order valence-corrected chi connectivity index (χ3v) is 3.93. The molecule has 0 aromatic heterocycles. The number of benzene rings is 1. The van der Waals surface area contributed by atoms with E-state index in [9.17, 15) is 9.59 Å². The number of anilines is 1. The number of nitrogens with one attached hydrogen (secondary N) is 2. The van der Waals surface area contributed by atoms with E-state index in [0.29, 0.717) is 6.54 Å². The fraction of sp³-hybridized carbons (Fsp3) is 0.529. The minimum Gasteiger partial charge on any atom is -0.356 e. The van der Waals surface area contributed by atoms with Gasteiger partial charge in [-0.05, 0) is 44.5 Å². The minimum atomic E-state index is 0.0000783. The summed E-state index contributed by atoms with van der Waals surface area (Å²) >= 11 is 0. The van der Waals surface area contributed by atoms with Gasteiger partial charge in [-0.1, -0.05) is 25.1 Å². The van der Waals surface area contributed by atoms with Crippen LogP contribution in [0.1, 0.15) is 26.2 Å². The molecule has 22 heavy (non-hydrogen) atoms. The van der Waals surface area contributed by atoms with Gasteiger partial charge in [-0.15, -0.1) is 0 Å². The Hall–Kier alpha value is -1.88. The fourth-order valence-electron chi connectivity index (χ4n) is 2.67. The van der Waals surface area contributed by atoms with Gasteiger partial charge in [-0.3, -0.25) is 14.5 Å². The van der Waals surface area contributed by atoms with E-state index in [4.69, 9.17) is 0 Å². The molecular formula is C17H25N3O2. The molecule has 0 unspecified atom stereocenters. The van der Waals surface area contributed by atoms with Crippen molar-refractivity contribution in [2.45, 2.75) is 26.2 Å². The molecule has 5 heteroatoms. The van der Waals surface area contributed by atoms with Crippen molar-refractivity contribution >= 4 is 17.5 Å². The summed E-state index contributed by atoms with van der Waals surface area (Å²) in [5, 5.41) is 5.84. The van der Waals surface area contributed by atoms with Gasteiger partial charge in [0, 0.05) is 18.2 Å². The third kappa shape index (κ3) is 5.15. The Labute approximate surface area is 132 Å². The zero-order valence-electron chi connectivity index (χ0n) is 13.2. The van der Waals surface area contributed by atoms with E-state index in [0.717, 1.165) is 44.6 Å². The molecule has 1 heterocycles. The average molecular weight is 303 g/mol. The van der Waals surface area contributed by atoms with Crippen molar-refractivity contribution in [1.82, 2.24) is 10.2 Å². The van der Waals surface area contributed by atoms with E-state index in [1.807, 2.05) is 37.3 Å². The van der Waals surface area contributed by atoms with Gasteiger partial charge in [0.1, 0.15) is 0 Å². The van der Waals surface area contributed by atoms with Gasteiger partial charge in [0.2, 0.25) is 11.8 Å². The molecule has 0 bridgehead atoms. The Kier molecular flexibility index (Phi) is 6.40. The number of rotatable bonds is 6. The molecule has 1 fully saturated rings. The first-order valence-corrected chi connectivity index (χ1v) is 8.04. The molecule has 120 valence electrons. The zero-order valence-corrected chi connectivity index (χ0v) is 13.2. The summed E-state index contributed by atoms with van der Waals surface area (Å²) in [7, 11) is 0. The van der Waals surface area contributed by atoms with Gasteiger partial charge in [0.05, 0.1) is 6.54 Å². The molecule has 2 amide bonds. The van der Waals surface area contributed by atoms with Crippen molar-refractivity contribution in [3.63, 3.8) is 0 Å². The second-order valence-electron chi connectivity index (χ2n) is 5.76. The van der Waals surface area contributed by atoms with Crippen LogP contribution in [0.5, 0.6) is 0 Å². The van der Waals surface area contributed by atoms with Crippen LogP contribution < -0.4 is 10.6 Å². The highest BCUT2D eigenvalue weighted by molar-refractivity contribution is 5.92. The molecule has 0 radical (unpaired) electrons. The van der Waals surface area contributed by atoms with Crippen molar-refractivity contribution in [3.05, 3.63) is 30.3 Å². The minimum absolute atomic E-state index is 0.0000783. The number of likely N-dealkylation sites (tertiary alicyclic amines) is 1. The second-order valence-corrected chi connectivity index (χ2v) is 5.76. The molecule has 2 N–H and O–H groups in total. The Morgan fingerprint density at radius 1 is 1.18 bits per heavy atom. The van der Waals surface area contributed by atoms with Gasteiger partial charge in [0.25, 0.3) is 0 Å². The number of piperidine rings is 1. The van der Waals surface area contributed by atoms with E-state index in [-0.39, 0.29) is 17.7 Å². The van der Waals surface area contributed by atoms with E-state index in [2.05, 4.69) is 15.5 Å². The molecule has 0 spiro atoms. The number of para-hydroxylation sites is 1. The summed E-state index contributed by atoms with van der Waals surface area (Å²) in [5.41, 5.74) is 0.821. The standard InChI is InChI=1S/C17H25N3O2/c1-2-10-18-17(22)14-8-11-20(12-9-14)13-16(21)19-15-6-4-3-5-7-15/h3-7,14H,2,8-13H2,1H3,(H,18,22)(H,19,21). The molecule has 1 aliphatic heterocycles. The monoisotopic (exact) mass is 303 g/mol. The molecule has 0 atom stereocenters. The maximum atomic E-state index is 12.0. The molecule has 2 rings (SSSR count). The number of carbonyl (C=O) groups excluding carboxylic acids is 2. The summed E-state index contributed by atoms with van der Waals surface area (Å²) < 4.78 is 0. The molecule has 1 aromatic carbocycles. The lowest BCUT2D eigenvalue weighted by molar-refractivity contribution is -0.126. The quantitative estimate of drug-likeness (QED) is 0.843. The Morgan fingerprint density at radius 3 is 2.50 bits per heavy atom. The van der Waals surface area contributed by atoms with Crippen molar-refractivity contribution in [2.24, 2.45) is 5.92 Å². The number of carbonyl (C=O) groups is 2.